The van der Waals surface area contributed by atoms with E-state index in [0.29, 0.717) is 16.7 Å². The van der Waals surface area contributed by atoms with Crippen molar-refractivity contribution in [2.24, 2.45) is 5.10 Å². The Kier molecular flexibility index (Phi) is 4.62. The van der Waals surface area contributed by atoms with Crippen LogP contribution in [-0.4, -0.2) is 21.6 Å². The summed E-state index contributed by atoms with van der Waals surface area (Å²) in [6.07, 6.45) is 0. The van der Waals surface area contributed by atoms with E-state index < -0.39 is 10.8 Å². The van der Waals surface area contributed by atoms with Crippen molar-refractivity contribution in [2.45, 2.75) is 6.92 Å². The highest BCUT2D eigenvalue weighted by Gasteiger charge is 2.13. The first-order valence-corrected chi connectivity index (χ1v) is 7.77. The maximum atomic E-state index is 12.3. The zero-order chi connectivity index (χ0) is 18.7. The van der Waals surface area contributed by atoms with Crippen molar-refractivity contribution >= 4 is 28.1 Å². The number of non-ortho nitro benzene ring substituents is 1. The van der Waals surface area contributed by atoms with Gasteiger partial charge < -0.3 is 5.11 Å². The molecule has 7 nitrogen and oxygen atoms in total. The molecule has 0 aliphatic rings. The van der Waals surface area contributed by atoms with Crippen LogP contribution in [0.4, 0.5) is 5.69 Å². The average Bonchev–Trinajstić information content (AvgIpc) is 2.66. The molecule has 0 fully saturated rings. The molecule has 0 radical (unpaired) electrons. The number of rotatable bonds is 4. The van der Waals surface area contributed by atoms with E-state index in [1.807, 2.05) is 12.1 Å². The summed E-state index contributed by atoms with van der Waals surface area (Å²) in [7, 11) is 0. The fourth-order valence-electron chi connectivity index (χ4n) is 2.52. The summed E-state index contributed by atoms with van der Waals surface area (Å²) in [5, 5.41) is 26.4. The van der Waals surface area contributed by atoms with Crippen LogP contribution in [-0.2, 0) is 0 Å². The molecule has 1 amide bonds. The van der Waals surface area contributed by atoms with Gasteiger partial charge in [-0.2, -0.15) is 5.10 Å². The Bertz CT molecular complexity index is 1030. The van der Waals surface area contributed by atoms with Crippen LogP contribution in [0, 0.1) is 10.1 Å². The van der Waals surface area contributed by atoms with Gasteiger partial charge in [-0.3, -0.25) is 14.9 Å². The summed E-state index contributed by atoms with van der Waals surface area (Å²) in [5.74, 6) is -0.654. The van der Waals surface area contributed by atoms with E-state index in [4.69, 9.17) is 0 Å². The molecular formula is C19H15N3O4. The Labute approximate surface area is 148 Å². The van der Waals surface area contributed by atoms with Gasteiger partial charge in [0.05, 0.1) is 16.2 Å². The molecule has 0 heterocycles. The predicted octanol–water partition coefficient (Wildman–Crippen LogP) is 3.61. The molecule has 0 spiro atoms. The normalized spacial score (nSPS) is 11.3. The average molecular weight is 349 g/mol. The van der Waals surface area contributed by atoms with Crippen LogP contribution >= 0.6 is 0 Å². The molecule has 0 aromatic heterocycles. The third-order valence-corrected chi connectivity index (χ3v) is 3.97. The highest BCUT2D eigenvalue weighted by molar-refractivity contribution is 6.05. The van der Waals surface area contributed by atoms with Crippen molar-refractivity contribution in [2.75, 3.05) is 0 Å². The van der Waals surface area contributed by atoms with E-state index in [1.54, 1.807) is 37.3 Å². The molecular weight excluding hydrogens is 334 g/mol. The van der Waals surface area contributed by atoms with Crippen molar-refractivity contribution < 1.29 is 14.8 Å². The summed E-state index contributed by atoms with van der Waals surface area (Å²) >= 11 is 0. The van der Waals surface area contributed by atoms with Gasteiger partial charge in [-0.05, 0) is 36.1 Å². The Morgan fingerprint density at radius 2 is 1.77 bits per heavy atom. The number of hydrazone groups is 1. The molecule has 0 bridgehead atoms. The number of hydrogen-bond acceptors (Lipinski definition) is 5. The molecule has 0 unspecified atom stereocenters. The number of phenols is 1. The molecule has 0 aliphatic heterocycles. The second kappa shape index (κ2) is 7.02. The number of fused-ring (bicyclic) bond motifs is 1. The topological polar surface area (TPSA) is 105 Å². The smallest absolute Gasteiger partial charge is 0.275 e. The third-order valence-electron chi connectivity index (χ3n) is 3.97. The highest BCUT2D eigenvalue weighted by atomic mass is 16.6. The Morgan fingerprint density at radius 1 is 1.08 bits per heavy atom. The van der Waals surface area contributed by atoms with Crippen molar-refractivity contribution in [3.63, 3.8) is 0 Å². The van der Waals surface area contributed by atoms with Gasteiger partial charge in [0.2, 0.25) is 0 Å². The lowest BCUT2D eigenvalue weighted by Crippen LogP contribution is -2.19. The molecule has 3 rings (SSSR count). The monoisotopic (exact) mass is 349 g/mol. The van der Waals surface area contributed by atoms with Gasteiger partial charge in [0, 0.05) is 17.5 Å². The molecule has 2 N–H and O–H groups in total. The number of carbonyl (C=O) groups excluding carboxylic acids is 1. The van der Waals surface area contributed by atoms with E-state index in [1.165, 1.54) is 18.2 Å². The Morgan fingerprint density at radius 3 is 2.46 bits per heavy atom. The molecule has 26 heavy (non-hydrogen) atoms. The summed E-state index contributed by atoms with van der Waals surface area (Å²) in [4.78, 5) is 22.5. The van der Waals surface area contributed by atoms with E-state index in [-0.39, 0.29) is 17.0 Å². The van der Waals surface area contributed by atoms with Crippen LogP contribution in [0.2, 0.25) is 0 Å². The van der Waals surface area contributed by atoms with Gasteiger partial charge in [-0.1, -0.05) is 30.3 Å². The number of nitrogens with zero attached hydrogens (tertiary/aromatic N) is 2. The maximum Gasteiger partial charge on any atom is 0.275 e. The molecule has 3 aromatic carbocycles. The fourth-order valence-corrected chi connectivity index (χ4v) is 2.52. The minimum Gasteiger partial charge on any atom is -0.506 e. The second-order valence-corrected chi connectivity index (χ2v) is 5.62. The number of carbonyl (C=O) groups is 1. The van der Waals surface area contributed by atoms with E-state index >= 15 is 0 Å². The molecule has 0 saturated heterocycles. The lowest BCUT2D eigenvalue weighted by molar-refractivity contribution is -0.384. The Hall–Kier alpha value is -3.74. The SMILES string of the molecule is C/C(=N\NC(=O)c1ccc2ccccc2c1O)c1ccc([N+](=O)[O-])cc1. The molecule has 130 valence electrons. The summed E-state index contributed by atoms with van der Waals surface area (Å²) in [5.41, 5.74) is 3.61. The summed E-state index contributed by atoms with van der Waals surface area (Å²) in [6.45, 7) is 1.67. The number of phenolic OH excluding ortho intramolecular Hbond substituents is 1. The van der Waals surface area contributed by atoms with Crippen LogP contribution in [0.1, 0.15) is 22.8 Å². The van der Waals surface area contributed by atoms with Crippen molar-refractivity contribution in [1.82, 2.24) is 5.43 Å². The lowest BCUT2D eigenvalue weighted by Gasteiger charge is -2.07. The van der Waals surface area contributed by atoms with Crippen LogP contribution in [0.25, 0.3) is 10.8 Å². The number of benzene rings is 3. The molecule has 3 aromatic rings. The number of nitro groups is 1. The Balaban J connectivity index is 1.80. The molecule has 7 heteroatoms. The first-order chi connectivity index (χ1) is 12.5. The fraction of sp³-hybridized carbons (Fsp3) is 0.0526. The van der Waals surface area contributed by atoms with Crippen molar-refractivity contribution in [1.29, 1.82) is 0 Å². The van der Waals surface area contributed by atoms with E-state index in [0.717, 1.165) is 5.39 Å². The predicted molar refractivity (Wildman–Crippen MR) is 98.4 cm³/mol. The second-order valence-electron chi connectivity index (χ2n) is 5.62. The van der Waals surface area contributed by atoms with Gasteiger partial charge >= 0.3 is 0 Å². The zero-order valence-electron chi connectivity index (χ0n) is 13.8. The van der Waals surface area contributed by atoms with Crippen LogP contribution in [0.15, 0.2) is 65.8 Å². The van der Waals surface area contributed by atoms with E-state index in [9.17, 15) is 20.0 Å². The zero-order valence-corrected chi connectivity index (χ0v) is 13.8. The van der Waals surface area contributed by atoms with Crippen molar-refractivity contribution in [3.8, 4) is 5.75 Å². The number of hydrogen-bond donors (Lipinski definition) is 2. The van der Waals surface area contributed by atoms with Crippen molar-refractivity contribution in [3.05, 3.63) is 81.9 Å². The highest BCUT2D eigenvalue weighted by Crippen LogP contribution is 2.28. The minimum atomic E-state index is -0.547. The van der Waals surface area contributed by atoms with Gasteiger partial charge in [-0.15, -0.1) is 0 Å². The third kappa shape index (κ3) is 3.36. The molecule has 0 saturated carbocycles. The van der Waals surface area contributed by atoms with Crippen LogP contribution in [0.5, 0.6) is 5.75 Å². The number of aromatic hydroxyl groups is 1. The lowest BCUT2D eigenvalue weighted by atomic mass is 10.1. The number of nitro benzene ring substituents is 1. The maximum absolute atomic E-state index is 12.3. The largest absolute Gasteiger partial charge is 0.506 e. The van der Waals surface area contributed by atoms with Gasteiger partial charge in [0.15, 0.2) is 0 Å². The number of amides is 1. The van der Waals surface area contributed by atoms with Gasteiger partial charge in [0.1, 0.15) is 5.75 Å². The van der Waals surface area contributed by atoms with E-state index in [2.05, 4.69) is 10.5 Å². The van der Waals surface area contributed by atoms with Gasteiger partial charge in [0.25, 0.3) is 11.6 Å². The number of nitrogens with one attached hydrogen (secondary N) is 1. The molecule has 0 aliphatic carbocycles. The van der Waals surface area contributed by atoms with Crippen LogP contribution < -0.4 is 5.43 Å². The first kappa shape index (κ1) is 17.1. The standard InChI is InChI=1S/C19H15N3O4/c1-12(13-6-9-15(10-7-13)22(25)26)20-21-19(24)17-11-8-14-4-2-3-5-16(14)18(17)23/h2-11,23H,1H3,(H,21,24)/b20-12+. The summed E-state index contributed by atoms with van der Waals surface area (Å²) in [6, 6.07) is 16.3. The quantitative estimate of drug-likeness (QED) is 0.426. The minimum absolute atomic E-state index is 0.0216. The van der Waals surface area contributed by atoms with Gasteiger partial charge in [-0.25, -0.2) is 5.43 Å². The first-order valence-electron chi connectivity index (χ1n) is 7.77. The molecule has 0 atom stereocenters. The summed E-state index contributed by atoms with van der Waals surface area (Å²) < 4.78 is 0. The van der Waals surface area contributed by atoms with Crippen LogP contribution in [0.3, 0.4) is 0 Å².